The number of nitrogens with one attached hydrogen (secondary N) is 1. The van der Waals surface area contributed by atoms with E-state index in [-0.39, 0.29) is 11.7 Å². The molecule has 0 aliphatic carbocycles. The van der Waals surface area contributed by atoms with Gasteiger partial charge in [0, 0.05) is 16.3 Å². The molecule has 0 aliphatic rings. The Kier molecular flexibility index (Phi) is 5.08. The third-order valence-electron chi connectivity index (χ3n) is 3.36. The van der Waals surface area contributed by atoms with Gasteiger partial charge < -0.3 is 5.32 Å². The SMILES string of the molecule is O=C(Nc1ccc(Cl)cc1)/C(=C/c1ccc(F)cc1)c1ccsc1. The van der Waals surface area contributed by atoms with Crippen LogP contribution >= 0.6 is 22.9 Å². The Bertz CT molecular complexity index is 855. The predicted octanol–water partition coefficient (Wildman–Crippen LogP) is 5.72. The van der Waals surface area contributed by atoms with Gasteiger partial charge in [0.25, 0.3) is 5.91 Å². The number of rotatable bonds is 4. The summed E-state index contributed by atoms with van der Waals surface area (Å²) in [5, 5.41) is 7.26. The first-order valence-corrected chi connectivity index (χ1v) is 8.51. The summed E-state index contributed by atoms with van der Waals surface area (Å²) in [6.07, 6.45) is 1.74. The van der Waals surface area contributed by atoms with E-state index in [0.29, 0.717) is 16.3 Å². The smallest absolute Gasteiger partial charge is 0.256 e. The van der Waals surface area contributed by atoms with Crippen LogP contribution in [0.3, 0.4) is 0 Å². The first-order chi connectivity index (χ1) is 11.6. The van der Waals surface area contributed by atoms with Crippen molar-refractivity contribution < 1.29 is 9.18 Å². The van der Waals surface area contributed by atoms with Crippen LogP contribution in [-0.2, 0) is 4.79 Å². The molecule has 1 aromatic heterocycles. The highest BCUT2D eigenvalue weighted by molar-refractivity contribution is 7.08. The quantitative estimate of drug-likeness (QED) is 0.594. The summed E-state index contributed by atoms with van der Waals surface area (Å²) >= 11 is 7.37. The fourth-order valence-corrected chi connectivity index (χ4v) is 2.94. The van der Waals surface area contributed by atoms with Gasteiger partial charge in [-0.05, 0) is 70.4 Å². The summed E-state index contributed by atoms with van der Waals surface area (Å²) in [7, 11) is 0. The minimum atomic E-state index is -0.310. The number of carbonyl (C=O) groups is 1. The average molecular weight is 358 g/mol. The second-order valence-electron chi connectivity index (χ2n) is 5.08. The maximum absolute atomic E-state index is 13.1. The van der Waals surface area contributed by atoms with Crippen LogP contribution in [0.15, 0.2) is 65.4 Å². The minimum absolute atomic E-state index is 0.236. The summed E-state index contributed by atoms with van der Waals surface area (Å²) in [4.78, 5) is 12.7. The molecule has 0 aliphatic heterocycles. The molecule has 2 nitrogen and oxygen atoms in total. The number of amides is 1. The molecule has 0 bridgehead atoms. The number of hydrogen-bond donors (Lipinski definition) is 1. The molecule has 0 spiro atoms. The summed E-state index contributed by atoms with van der Waals surface area (Å²) in [5.74, 6) is -0.546. The van der Waals surface area contributed by atoms with Crippen molar-refractivity contribution in [3.63, 3.8) is 0 Å². The van der Waals surface area contributed by atoms with Crippen LogP contribution in [0, 0.1) is 5.82 Å². The van der Waals surface area contributed by atoms with Crippen LogP contribution in [0.2, 0.25) is 5.02 Å². The Morgan fingerprint density at radius 3 is 2.38 bits per heavy atom. The highest BCUT2D eigenvalue weighted by Gasteiger charge is 2.13. The fourth-order valence-electron chi connectivity index (χ4n) is 2.16. The zero-order chi connectivity index (χ0) is 16.9. The van der Waals surface area contributed by atoms with Crippen LogP contribution in [0.4, 0.5) is 10.1 Å². The lowest BCUT2D eigenvalue weighted by Gasteiger charge is -2.08. The normalized spacial score (nSPS) is 11.3. The van der Waals surface area contributed by atoms with Gasteiger partial charge in [0.05, 0.1) is 0 Å². The lowest BCUT2D eigenvalue weighted by atomic mass is 10.0. The molecule has 0 saturated heterocycles. The molecule has 0 unspecified atom stereocenters. The van der Waals surface area contributed by atoms with Crippen LogP contribution < -0.4 is 5.32 Å². The molecule has 0 atom stereocenters. The van der Waals surface area contributed by atoms with Gasteiger partial charge >= 0.3 is 0 Å². The third-order valence-corrected chi connectivity index (χ3v) is 4.30. The molecule has 24 heavy (non-hydrogen) atoms. The molecular weight excluding hydrogens is 345 g/mol. The van der Waals surface area contributed by atoms with E-state index in [0.717, 1.165) is 11.1 Å². The van der Waals surface area contributed by atoms with Crippen LogP contribution in [0.25, 0.3) is 11.6 Å². The Morgan fingerprint density at radius 1 is 1.04 bits per heavy atom. The molecule has 3 aromatic rings. The number of thiophene rings is 1. The van der Waals surface area contributed by atoms with Crippen LogP contribution in [0.1, 0.15) is 11.1 Å². The molecule has 1 amide bonds. The van der Waals surface area contributed by atoms with Crippen LogP contribution in [-0.4, -0.2) is 5.91 Å². The Balaban J connectivity index is 1.91. The molecule has 0 radical (unpaired) electrons. The molecule has 0 fully saturated rings. The number of halogens is 2. The predicted molar refractivity (Wildman–Crippen MR) is 98.7 cm³/mol. The van der Waals surface area contributed by atoms with Gasteiger partial charge in [-0.2, -0.15) is 11.3 Å². The molecule has 3 rings (SSSR count). The average Bonchev–Trinajstić information content (AvgIpc) is 3.10. The number of hydrogen-bond acceptors (Lipinski definition) is 2. The summed E-state index contributed by atoms with van der Waals surface area (Å²) in [6, 6.07) is 14.8. The molecule has 5 heteroatoms. The maximum Gasteiger partial charge on any atom is 0.256 e. The molecular formula is C19H13ClFNOS. The van der Waals surface area contributed by atoms with Crippen LogP contribution in [0.5, 0.6) is 0 Å². The van der Waals surface area contributed by atoms with Gasteiger partial charge in [-0.3, -0.25) is 4.79 Å². The van der Waals surface area contributed by atoms with Gasteiger partial charge in [-0.25, -0.2) is 4.39 Å². The Hall–Kier alpha value is -2.43. The standard InChI is InChI=1S/C19H13ClFNOS/c20-15-3-7-17(8-4-15)22-19(23)18(14-9-10-24-12-14)11-13-1-5-16(21)6-2-13/h1-12H,(H,22,23)/b18-11+. The van der Waals surface area contributed by atoms with Gasteiger partial charge in [0.2, 0.25) is 0 Å². The largest absolute Gasteiger partial charge is 0.322 e. The highest BCUT2D eigenvalue weighted by Crippen LogP contribution is 2.23. The van der Waals surface area contributed by atoms with E-state index in [9.17, 15) is 9.18 Å². The zero-order valence-corrected chi connectivity index (χ0v) is 14.1. The van der Waals surface area contributed by atoms with Crippen molar-refractivity contribution in [2.75, 3.05) is 5.32 Å². The van der Waals surface area contributed by atoms with Crippen molar-refractivity contribution in [1.82, 2.24) is 0 Å². The van der Waals surface area contributed by atoms with Crippen molar-refractivity contribution >= 4 is 46.2 Å². The summed E-state index contributed by atoms with van der Waals surface area (Å²) in [5.41, 5.74) is 2.74. The first kappa shape index (κ1) is 16.4. The molecule has 120 valence electrons. The first-order valence-electron chi connectivity index (χ1n) is 7.18. The molecule has 2 aromatic carbocycles. The number of benzene rings is 2. The third kappa shape index (κ3) is 4.10. The summed E-state index contributed by atoms with van der Waals surface area (Å²) < 4.78 is 13.1. The second-order valence-corrected chi connectivity index (χ2v) is 6.30. The topological polar surface area (TPSA) is 29.1 Å². The Morgan fingerprint density at radius 2 is 1.75 bits per heavy atom. The van der Waals surface area contributed by atoms with Crippen molar-refractivity contribution in [2.45, 2.75) is 0 Å². The van der Waals surface area contributed by atoms with E-state index in [1.807, 2.05) is 16.8 Å². The maximum atomic E-state index is 13.1. The zero-order valence-electron chi connectivity index (χ0n) is 12.5. The van der Waals surface area contributed by atoms with E-state index in [4.69, 9.17) is 11.6 Å². The van der Waals surface area contributed by atoms with E-state index in [1.165, 1.54) is 23.5 Å². The van der Waals surface area contributed by atoms with Gasteiger partial charge in [-0.15, -0.1) is 0 Å². The monoisotopic (exact) mass is 357 g/mol. The van der Waals surface area contributed by atoms with Gasteiger partial charge in [-0.1, -0.05) is 23.7 Å². The van der Waals surface area contributed by atoms with Gasteiger partial charge in [0.1, 0.15) is 5.82 Å². The molecule has 1 heterocycles. The second kappa shape index (κ2) is 7.43. The van der Waals surface area contributed by atoms with Crippen molar-refractivity contribution in [3.8, 4) is 0 Å². The lowest BCUT2D eigenvalue weighted by Crippen LogP contribution is -2.13. The van der Waals surface area contributed by atoms with E-state index in [2.05, 4.69) is 5.32 Å². The summed E-state index contributed by atoms with van der Waals surface area (Å²) in [6.45, 7) is 0. The highest BCUT2D eigenvalue weighted by atomic mass is 35.5. The van der Waals surface area contributed by atoms with E-state index >= 15 is 0 Å². The van der Waals surface area contributed by atoms with Gasteiger partial charge in [0.15, 0.2) is 0 Å². The fraction of sp³-hybridized carbons (Fsp3) is 0. The molecule has 1 N–H and O–H groups in total. The van der Waals surface area contributed by atoms with E-state index < -0.39 is 0 Å². The lowest BCUT2D eigenvalue weighted by molar-refractivity contribution is -0.111. The van der Waals surface area contributed by atoms with Crippen molar-refractivity contribution in [3.05, 3.63) is 87.3 Å². The Labute approximate surface area is 148 Å². The number of carbonyl (C=O) groups excluding carboxylic acids is 1. The minimum Gasteiger partial charge on any atom is -0.322 e. The molecule has 0 saturated carbocycles. The number of anilines is 1. The van der Waals surface area contributed by atoms with Crippen molar-refractivity contribution in [2.24, 2.45) is 0 Å². The van der Waals surface area contributed by atoms with E-state index in [1.54, 1.807) is 42.5 Å². The van der Waals surface area contributed by atoms with Crippen molar-refractivity contribution in [1.29, 1.82) is 0 Å².